The monoisotopic (exact) mass is 346 g/mol. The van der Waals surface area contributed by atoms with E-state index in [2.05, 4.69) is 41.5 Å². The average Bonchev–Trinajstić information content (AvgIpc) is 3.18. The second-order valence-electron chi connectivity index (χ2n) is 6.70. The van der Waals surface area contributed by atoms with Gasteiger partial charge < -0.3 is 15.7 Å². The zero-order valence-corrected chi connectivity index (χ0v) is 15.7. The van der Waals surface area contributed by atoms with Crippen molar-refractivity contribution in [1.29, 1.82) is 0 Å². The summed E-state index contributed by atoms with van der Waals surface area (Å²) in [6.07, 6.45) is 3.76. The number of rotatable bonds is 9. The second kappa shape index (κ2) is 11.1. The van der Waals surface area contributed by atoms with E-state index in [0.29, 0.717) is 12.6 Å². The summed E-state index contributed by atoms with van der Waals surface area (Å²) in [5, 5.41) is 16.4. The highest BCUT2D eigenvalue weighted by molar-refractivity contribution is 5.79. The molecule has 0 bridgehead atoms. The van der Waals surface area contributed by atoms with Crippen molar-refractivity contribution < 1.29 is 5.11 Å². The Kier molecular flexibility index (Phi) is 8.77. The number of nitrogens with one attached hydrogen (secondary N) is 2. The minimum absolute atomic E-state index is 0.0746. The third kappa shape index (κ3) is 6.33. The van der Waals surface area contributed by atoms with Crippen LogP contribution in [0.4, 0.5) is 0 Å². The normalized spacial score (nSPS) is 18.1. The molecule has 1 fully saturated rings. The van der Waals surface area contributed by atoms with Crippen molar-refractivity contribution >= 4 is 5.96 Å². The molecule has 1 heterocycles. The maximum Gasteiger partial charge on any atom is 0.191 e. The molecule has 1 saturated heterocycles. The van der Waals surface area contributed by atoms with E-state index in [1.54, 1.807) is 0 Å². The number of benzene rings is 1. The van der Waals surface area contributed by atoms with Crippen LogP contribution >= 0.6 is 0 Å². The van der Waals surface area contributed by atoms with Gasteiger partial charge in [0.05, 0.1) is 13.2 Å². The summed E-state index contributed by atoms with van der Waals surface area (Å²) in [6.45, 7) is 9.19. The van der Waals surface area contributed by atoms with Crippen LogP contribution in [-0.2, 0) is 0 Å². The lowest BCUT2D eigenvalue weighted by Crippen LogP contribution is -2.41. The topological polar surface area (TPSA) is 59.9 Å². The molecule has 0 spiro atoms. The molecule has 0 radical (unpaired) electrons. The number of aliphatic hydroxyl groups excluding tert-OH is 1. The van der Waals surface area contributed by atoms with E-state index in [4.69, 9.17) is 4.99 Å². The van der Waals surface area contributed by atoms with Crippen LogP contribution < -0.4 is 10.6 Å². The van der Waals surface area contributed by atoms with Crippen LogP contribution in [0.25, 0.3) is 0 Å². The van der Waals surface area contributed by atoms with Gasteiger partial charge >= 0.3 is 0 Å². The van der Waals surface area contributed by atoms with Gasteiger partial charge in [-0.15, -0.1) is 0 Å². The Morgan fingerprint density at radius 1 is 1.16 bits per heavy atom. The molecule has 2 atom stereocenters. The number of aliphatic imine (C=N–C) groups is 1. The van der Waals surface area contributed by atoms with Gasteiger partial charge in [-0.05, 0) is 44.8 Å². The molecule has 0 aliphatic carbocycles. The van der Waals surface area contributed by atoms with Crippen LogP contribution in [0.2, 0.25) is 0 Å². The first-order chi connectivity index (χ1) is 12.3. The maximum absolute atomic E-state index is 9.72. The van der Waals surface area contributed by atoms with Crippen molar-refractivity contribution in [3.8, 4) is 0 Å². The van der Waals surface area contributed by atoms with E-state index in [1.165, 1.54) is 25.9 Å². The van der Waals surface area contributed by atoms with Crippen LogP contribution in [0, 0.1) is 0 Å². The Morgan fingerprint density at radius 2 is 1.88 bits per heavy atom. The number of hydrogen-bond donors (Lipinski definition) is 3. The molecule has 5 heteroatoms. The van der Waals surface area contributed by atoms with Gasteiger partial charge in [0, 0.05) is 25.0 Å². The Hall–Kier alpha value is -1.59. The van der Waals surface area contributed by atoms with E-state index >= 15 is 0 Å². The molecule has 1 aliphatic heterocycles. The zero-order valence-electron chi connectivity index (χ0n) is 15.7. The molecular formula is C20H34N4O. The Bertz CT molecular complexity index is 500. The molecule has 5 nitrogen and oxygen atoms in total. The smallest absolute Gasteiger partial charge is 0.191 e. The average molecular weight is 347 g/mol. The molecule has 1 aliphatic rings. The minimum Gasteiger partial charge on any atom is -0.396 e. The zero-order chi connectivity index (χ0) is 17.9. The lowest BCUT2D eigenvalue weighted by Gasteiger charge is -2.25. The number of guanidine groups is 1. The summed E-state index contributed by atoms with van der Waals surface area (Å²) < 4.78 is 0. The van der Waals surface area contributed by atoms with Gasteiger partial charge in [0.1, 0.15) is 0 Å². The molecular weight excluding hydrogens is 312 g/mol. The molecule has 1 aromatic carbocycles. The van der Waals surface area contributed by atoms with E-state index in [-0.39, 0.29) is 12.5 Å². The molecule has 2 rings (SSSR count). The fraction of sp³-hybridized carbons (Fsp3) is 0.650. The fourth-order valence-corrected chi connectivity index (χ4v) is 3.38. The summed E-state index contributed by atoms with van der Waals surface area (Å²) in [6, 6.07) is 10.7. The highest BCUT2D eigenvalue weighted by Gasteiger charge is 2.20. The van der Waals surface area contributed by atoms with Crippen molar-refractivity contribution in [3.63, 3.8) is 0 Å². The van der Waals surface area contributed by atoms with Crippen molar-refractivity contribution in [1.82, 2.24) is 15.5 Å². The molecule has 25 heavy (non-hydrogen) atoms. The summed E-state index contributed by atoms with van der Waals surface area (Å²) in [7, 11) is 0. The Morgan fingerprint density at radius 3 is 2.48 bits per heavy atom. The first-order valence-corrected chi connectivity index (χ1v) is 9.70. The Balaban J connectivity index is 1.92. The fourth-order valence-electron chi connectivity index (χ4n) is 3.38. The second-order valence-corrected chi connectivity index (χ2v) is 6.70. The molecule has 0 saturated carbocycles. The van der Waals surface area contributed by atoms with Crippen LogP contribution in [0.1, 0.15) is 44.6 Å². The highest BCUT2D eigenvalue weighted by atomic mass is 16.3. The first-order valence-electron chi connectivity index (χ1n) is 9.70. The van der Waals surface area contributed by atoms with Gasteiger partial charge in [-0.1, -0.05) is 37.3 Å². The quantitative estimate of drug-likeness (QED) is 0.474. The summed E-state index contributed by atoms with van der Waals surface area (Å²) in [5.74, 6) is 0.917. The first kappa shape index (κ1) is 19.7. The Labute approximate surface area is 152 Å². The lowest BCUT2D eigenvalue weighted by molar-refractivity contribution is 0.242. The predicted molar refractivity (Wildman–Crippen MR) is 105 cm³/mol. The highest BCUT2D eigenvalue weighted by Crippen LogP contribution is 2.15. The maximum atomic E-state index is 9.72. The van der Waals surface area contributed by atoms with Crippen molar-refractivity contribution in [2.45, 2.75) is 45.1 Å². The predicted octanol–water partition coefficient (Wildman–Crippen LogP) is 2.19. The summed E-state index contributed by atoms with van der Waals surface area (Å²) in [5.41, 5.74) is 1.15. The molecule has 2 unspecified atom stereocenters. The van der Waals surface area contributed by atoms with Crippen LogP contribution in [-0.4, -0.2) is 61.3 Å². The lowest BCUT2D eigenvalue weighted by atomic mass is 10.0. The van der Waals surface area contributed by atoms with Crippen molar-refractivity contribution in [3.05, 3.63) is 35.9 Å². The van der Waals surface area contributed by atoms with Crippen LogP contribution in [0.5, 0.6) is 0 Å². The molecule has 1 aromatic rings. The third-order valence-corrected chi connectivity index (χ3v) is 4.94. The number of hydrogen-bond acceptors (Lipinski definition) is 3. The standard InChI is InChI=1S/C20H34N4O/c1-3-19(24-12-8-9-13-24)15-23-20(21-4-2)22-14-18(16-25)17-10-6-5-7-11-17/h5-7,10-11,18-19,25H,3-4,8-9,12-16H2,1-2H3,(H2,21,22,23). The molecule has 0 amide bonds. The van der Waals surface area contributed by atoms with Crippen molar-refractivity contribution in [2.75, 3.05) is 39.3 Å². The van der Waals surface area contributed by atoms with Crippen LogP contribution in [0.15, 0.2) is 35.3 Å². The van der Waals surface area contributed by atoms with Crippen molar-refractivity contribution in [2.24, 2.45) is 4.99 Å². The minimum atomic E-state index is 0.0746. The van der Waals surface area contributed by atoms with E-state index in [9.17, 15) is 5.11 Å². The number of likely N-dealkylation sites (tertiary alicyclic amines) is 1. The molecule has 3 N–H and O–H groups in total. The number of nitrogens with zero attached hydrogens (tertiary/aromatic N) is 2. The van der Waals surface area contributed by atoms with Gasteiger partial charge in [0.15, 0.2) is 5.96 Å². The number of aliphatic hydroxyl groups is 1. The van der Waals surface area contributed by atoms with E-state index in [0.717, 1.165) is 31.0 Å². The largest absolute Gasteiger partial charge is 0.396 e. The van der Waals surface area contributed by atoms with E-state index in [1.807, 2.05) is 18.2 Å². The van der Waals surface area contributed by atoms with Gasteiger partial charge in [0.25, 0.3) is 0 Å². The SMILES string of the molecule is CCNC(=NCC(CC)N1CCCC1)NCC(CO)c1ccccc1. The summed E-state index contributed by atoms with van der Waals surface area (Å²) in [4.78, 5) is 7.36. The molecule has 0 aromatic heterocycles. The molecule has 140 valence electrons. The van der Waals surface area contributed by atoms with Gasteiger partial charge in [-0.2, -0.15) is 0 Å². The van der Waals surface area contributed by atoms with Gasteiger partial charge in [-0.25, -0.2) is 0 Å². The van der Waals surface area contributed by atoms with Gasteiger partial charge in [-0.3, -0.25) is 9.89 Å². The summed E-state index contributed by atoms with van der Waals surface area (Å²) >= 11 is 0. The third-order valence-electron chi connectivity index (χ3n) is 4.94. The van der Waals surface area contributed by atoms with E-state index < -0.39 is 0 Å². The van der Waals surface area contributed by atoms with Crippen LogP contribution in [0.3, 0.4) is 0 Å². The van der Waals surface area contributed by atoms with Gasteiger partial charge in [0.2, 0.25) is 0 Å².